The lowest BCUT2D eigenvalue weighted by molar-refractivity contribution is -0.116. The zero-order chi connectivity index (χ0) is 11.4. The minimum atomic E-state index is -1.12. The van der Waals surface area contributed by atoms with E-state index >= 15 is 0 Å². The molecule has 0 radical (unpaired) electrons. The average Bonchev–Trinajstić information content (AvgIpc) is 2.15. The molecule has 0 heterocycles. The van der Waals surface area contributed by atoms with E-state index in [0.717, 1.165) is 0 Å². The molecule has 0 fully saturated rings. The lowest BCUT2D eigenvalue weighted by atomic mass is 10.1. The maximum absolute atomic E-state index is 10.7. The van der Waals surface area contributed by atoms with Gasteiger partial charge in [0.2, 0.25) is 5.91 Å². The molecule has 1 amide bonds. The molecule has 0 bridgehead atoms. The van der Waals surface area contributed by atoms with Gasteiger partial charge in [0.25, 0.3) is 0 Å². The van der Waals surface area contributed by atoms with Crippen molar-refractivity contribution in [3.05, 3.63) is 23.8 Å². The highest BCUT2D eigenvalue weighted by Crippen LogP contribution is 2.22. The second-order valence-corrected chi connectivity index (χ2v) is 2.89. The summed E-state index contributed by atoms with van der Waals surface area (Å²) in [5.74, 6) is -1.66. The summed E-state index contributed by atoms with van der Waals surface area (Å²) in [4.78, 5) is 21.2. The smallest absolute Gasteiger partial charge is 0.337 e. The van der Waals surface area contributed by atoms with Gasteiger partial charge in [0.15, 0.2) is 0 Å². The summed E-state index contributed by atoms with van der Waals surface area (Å²) in [5.41, 5.74) is 11.0. The van der Waals surface area contributed by atoms with Crippen LogP contribution in [0.15, 0.2) is 18.2 Å². The van der Waals surface area contributed by atoms with Crippen LogP contribution in [-0.2, 0) is 4.79 Å². The highest BCUT2D eigenvalue weighted by atomic mass is 16.4. The first-order chi connectivity index (χ1) is 7.02. The lowest BCUT2D eigenvalue weighted by Gasteiger charge is -2.09. The van der Waals surface area contributed by atoms with Crippen molar-refractivity contribution in [3.8, 4) is 0 Å². The number of hydrogen-bond donors (Lipinski definition) is 4. The quantitative estimate of drug-likeness (QED) is 0.515. The first kappa shape index (κ1) is 10.8. The van der Waals surface area contributed by atoms with Gasteiger partial charge >= 0.3 is 5.97 Å². The van der Waals surface area contributed by atoms with Gasteiger partial charge in [0, 0.05) is 0 Å². The number of amides is 1. The molecule has 80 valence electrons. The second-order valence-electron chi connectivity index (χ2n) is 2.89. The van der Waals surface area contributed by atoms with E-state index in [1.807, 2.05) is 0 Å². The Morgan fingerprint density at radius 1 is 1.40 bits per heavy atom. The Morgan fingerprint density at radius 2 is 2.07 bits per heavy atom. The van der Waals surface area contributed by atoms with Crippen LogP contribution in [0.25, 0.3) is 0 Å². The van der Waals surface area contributed by atoms with Gasteiger partial charge in [0.1, 0.15) is 0 Å². The van der Waals surface area contributed by atoms with Crippen LogP contribution in [0.1, 0.15) is 10.4 Å². The fourth-order valence-electron chi connectivity index (χ4n) is 1.09. The van der Waals surface area contributed by atoms with E-state index in [1.165, 1.54) is 12.1 Å². The number of anilines is 2. The van der Waals surface area contributed by atoms with Crippen molar-refractivity contribution in [3.63, 3.8) is 0 Å². The molecule has 0 aliphatic rings. The summed E-state index contributed by atoms with van der Waals surface area (Å²) < 4.78 is 0. The molecule has 0 aromatic heterocycles. The molecule has 1 aromatic rings. The fraction of sp³-hybridized carbons (Fsp3) is 0.111. The van der Waals surface area contributed by atoms with Gasteiger partial charge < -0.3 is 21.9 Å². The number of carboxylic acids is 1. The van der Waals surface area contributed by atoms with E-state index in [1.54, 1.807) is 6.07 Å². The molecular weight excluding hydrogens is 198 g/mol. The Morgan fingerprint density at radius 3 is 2.60 bits per heavy atom. The highest BCUT2D eigenvalue weighted by molar-refractivity contribution is 5.97. The first-order valence-electron chi connectivity index (χ1n) is 4.16. The van der Waals surface area contributed by atoms with Crippen LogP contribution in [0.2, 0.25) is 0 Å². The number of rotatable bonds is 4. The molecule has 0 atom stereocenters. The molecule has 1 aromatic carbocycles. The first-order valence-corrected chi connectivity index (χ1v) is 4.16. The Balaban J connectivity index is 2.94. The van der Waals surface area contributed by atoms with E-state index < -0.39 is 11.9 Å². The average molecular weight is 209 g/mol. The van der Waals surface area contributed by atoms with E-state index in [9.17, 15) is 9.59 Å². The molecule has 6 heteroatoms. The molecule has 0 unspecified atom stereocenters. The van der Waals surface area contributed by atoms with Gasteiger partial charge in [-0.15, -0.1) is 0 Å². The molecule has 0 aliphatic heterocycles. The van der Waals surface area contributed by atoms with E-state index in [0.29, 0.717) is 5.69 Å². The third-order valence-corrected chi connectivity index (χ3v) is 1.79. The minimum absolute atomic E-state index is 0.00975. The number of benzene rings is 1. The number of carboxylic acid groups (broad SMARTS) is 1. The van der Waals surface area contributed by atoms with Gasteiger partial charge in [-0.05, 0) is 12.1 Å². The molecule has 15 heavy (non-hydrogen) atoms. The molecule has 6 nitrogen and oxygen atoms in total. The van der Waals surface area contributed by atoms with Crippen LogP contribution in [0, 0.1) is 0 Å². The zero-order valence-corrected chi connectivity index (χ0v) is 7.86. The number of para-hydroxylation sites is 1. The van der Waals surface area contributed by atoms with Crippen molar-refractivity contribution in [2.45, 2.75) is 0 Å². The Hall–Kier alpha value is -2.24. The molecule has 1 rings (SSSR count). The Labute approximate surface area is 85.9 Å². The molecule has 0 spiro atoms. The predicted octanol–water partition coefficient (Wildman–Crippen LogP) is -0.136. The summed E-state index contributed by atoms with van der Waals surface area (Å²) >= 11 is 0. The van der Waals surface area contributed by atoms with Gasteiger partial charge in [0.05, 0.1) is 23.5 Å². The van der Waals surface area contributed by atoms with Gasteiger partial charge in [-0.25, -0.2) is 4.79 Å². The van der Waals surface area contributed by atoms with Gasteiger partial charge in [-0.1, -0.05) is 6.07 Å². The Kier molecular flexibility index (Phi) is 3.12. The van der Waals surface area contributed by atoms with Crippen molar-refractivity contribution in [1.29, 1.82) is 0 Å². The SMILES string of the molecule is NC(=O)CNc1cccc(C(=O)O)c1N. The number of hydrogen-bond acceptors (Lipinski definition) is 4. The maximum Gasteiger partial charge on any atom is 0.337 e. The predicted molar refractivity (Wildman–Crippen MR) is 55.5 cm³/mol. The van der Waals surface area contributed by atoms with Crippen LogP contribution in [0.4, 0.5) is 11.4 Å². The number of nitrogen functional groups attached to an aromatic ring is 1. The molecule has 0 saturated carbocycles. The standard InChI is InChI=1S/C9H11N3O3/c10-7(13)4-12-6-3-1-2-5(8(6)11)9(14)15/h1-3,12H,4,11H2,(H2,10,13)(H,14,15). The Bertz CT molecular complexity index is 404. The van der Waals surface area contributed by atoms with Crippen molar-refractivity contribution in [2.24, 2.45) is 5.73 Å². The van der Waals surface area contributed by atoms with Gasteiger partial charge in [-0.2, -0.15) is 0 Å². The van der Waals surface area contributed by atoms with Crippen LogP contribution < -0.4 is 16.8 Å². The van der Waals surface area contributed by atoms with Crippen molar-refractivity contribution in [1.82, 2.24) is 0 Å². The lowest BCUT2D eigenvalue weighted by Crippen LogP contribution is -2.22. The molecule has 0 saturated heterocycles. The van der Waals surface area contributed by atoms with Crippen LogP contribution >= 0.6 is 0 Å². The van der Waals surface area contributed by atoms with E-state index in [-0.39, 0.29) is 17.8 Å². The summed E-state index contributed by atoms with van der Waals surface area (Å²) in [7, 11) is 0. The zero-order valence-electron chi connectivity index (χ0n) is 7.86. The van der Waals surface area contributed by atoms with Crippen LogP contribution in [-0.4, -0.2) is 23.5 Å². The number of carbonyl (C=O) groups is 2. The monoisotopic (exact) mass is 209 g/mol. The maximum atomic E-state index is 10.7. The van der Waals surface area contributed by atoms with Crippen molar-refractivity contribution >= 4 is 23.3 Å². The largest absolute Gasteiger partial charge is 0.478 e. The van der Waals surface area contributed by atoms with Crippen molar-refractivity contribution < 1.29 is 14.7 Å². The summed E-state index contributed by atoms with van der Waals surface area (Å²) in [6, 6.07) is 4.49. The number of primary amides is 1. The molecule has 6 N–H and O–H groups in total. The van der Waals surface area contributed by atoms with E-state index in [4.69, 9.17) is 16.6 Å². The summed E-state index contributed by atoms with van der Waals surface area (Å²) in [5, 5.41) is 11.4. The third-order valence-electron chi connectivity index (χ3n) is 1.79. The topological polar surface area (TPSA) is 118 Å². The van der Waals surface area contributed by atoms with Crippen LogP contribution in [0.5, 0.6) is 0 Å². The third kappa shape index (κ3) is 2.60. The fourth-order valence-corrected chi connectivity index (χ4v) is 1.09. The number of nitrogens with two attached hydrogens (primary N) is 2. The number of aromatic carboxylic acids is 1. The molecular formula is C9H11N3O3. The van der Waals surface area contributed by atoms with E-state index in [2.05, 4.69) is 5.32 Å². The van der Waals surface area contributed by atoms with Crippen LogP contribution in [0.3, 0.4) is 0 Å². The normalized spacial score (nSPS) is 9.60. The number of carbonyl (C=O) groups excluding carboxylic acids is 1. The van der Waals surface area contributed by atoms with Crippen molar-refractivity contribution in [2.75, 3.05) is 17.6 Å². The minimum Gasteiger partial charge on any atom is -0.478 e. The molecule has 0 aliphatic carbocycles. The number of nitrogens with one attached hydrogen (secondary N) is 1. The summed E-state index contributed by atoms with van der Waals surface area (Å²) in [6.07, 6.45) is 0. The summed E-state index contributed by atoms with van der Waals surface area (Å²) in [6.45, 7) is -0.0900. The second kappa shape index (κ2) is 4.32. The van der Waals surface area contributed by atoms with Gasteiger partial charge in [-0.3, -0.25) is 4.79 Å². The highest BCUT2D eigenvalue weighted by Gasteiger charge is 2.10.